The monoisotopic (exact) mass is 534 g/mol. The number of aryl methyl sites for hydroxylation is 1. The highest BCUT2D eigenvalue weighted by atomic mass is 35.5. The average Bonchev–Trinajstić information content (AvgIpc) is 3.51. The lowest BCUT2D eigenvalue weighted by Gasteiger charge is -2.40. The van der Waals surface area contributed by atoms with Gasteiger partial charge in [0.15, 0.2) is 23.0 Å². The zero-order valence-corrected chi connectivity index (χ0v) is 22.4. The van der Waals surface area contributed by atoms with E-state index in [1.807, 2.05) is 27.3 Å². The molecule has 1 amide bonds. The van der Waals surface area contributed by atoms with Gasteiger partial charge < -0.3 is 19.5 Å². The van der Waals surface area contributed by atoms with Crippen molar-refractivity contribution in [3.05, 3.63) is 47.8 Å². The molecule has 0 aliphatic carbocycles. The van der Waals surface area contributed by atoms with Gasteiger partial charge in [-0.2, -0.15) is 15.2 Å². The molecule has 12 nitrogen and oxygen atoms in total. The predicted octanol–water partition coefficient (Wildman–Crippen LogP) is 4.10. The van der Waals surface area contributed by atoms with Crippen molar-refractivity contribution in [3.63, 3.8) is 0 Å². The number of fused-ring (bicyclic) bond motifs is 2. The number of hydrogen-bond donors (Lipinski definition) is 1. The molecule has 0 atom stereocenters. The fraction of sp³-hybridized carbons (Fsp3) is 0.360. The van der Waals surface area contributed by atoms with Crippen molar-refractivity contribution in [2.45, 2.75) is 39.2 Å². The Morgan fingerprint density at radius 2 is 1.97 bits per heavy atom. The van der Waals surface area contributed by atoms with Crippen LogP contribution in [0.4, 0.5) is 11.8 Å². The molecule has 13 heteroatoms. The van der Waals surface area contributed by atoms with Gasteiger partial charge in [-0.3, -0.25) is 14.5 Å². The van der Waals surface area contributed by atoms with Crippen LogP contribution in [0.1, 0.15) is 39.4 Å². The van der Waals surface area contributed by atoms with Gasteiger partial charge in [-0.1, -0.05) is 32.4 Å². The highest BCUT2D eigenvalue weighted by molar-refractivity contribution is 6.36. The number of hydrogen-bond acceptors (Lipinski definition) is 8. The van der Waals surface area contributed by atoms with Gasteiger partial charge in [-0.15, -0.1) is 0 Å². The third kappa shape index (κ3) is 4.01. The Labute approximate surface area is 223 Å². The van der Waals surface area contributed by atoms with Gasteiger partial charge in [0.1, 0.15) is 16.1 Å². The number of rotatable bonds is 5. The summed E-state index contributed by atoms with van der Waals surface area (Å²) in [5.41, 5.74) is 2.73. The number of imidazole rings is 1. The maximum absolute atomic E-state index is 11.7. The van der Waals surface area contributed by atoms with Crippen molar-refractivity contribution in [2.75, 3.05) is 18.4 Å². The number of nitrogens with zero attached hydrogens (tertiary/aromatic N) is 9. The van der Waals surface area contributed by atoms with Crippen molar-refractivity contribution in [1.82, 2.24) is 43.8 Å². The molecule has 1 aliphatic rings. The van der Waals surface area contributed by atoms with E-state index in [1.54, 1.807) is 42.4 Å². The quantitative estimate of drug-likeness (QED) is 0.358. The third-order valence-corrected chi connectivity index (χ3v) is 7.08. The standard InChI is InChI=1S/C25H27ClN10O2/c1-14(37)34-12-15(13-34)36-19(25(2,3)4)8-20(32-36)30-24-31-23-22(33(24)5)21(26)18(10-28-23)38-17-11-29-35-7-6-27-9-16(17)35/h6-11,15H,12-13H2,1-5H3,(H,28,30,31,32). The summed E-state index contributed by atoms with van der Waals surface area (Å²) >= 11 is 6.78. The van der Waals surface area contributed by atoms with Crippen LogP contribution in [-0.4, -0.2) is 62.8 Å². The van der Waals surface area contributed by atoms with Crippen LogP contribution < -0.4 is 10.1 Å². The number of likely N-dealkylation sites (tertiary alicyclic amines) is 1. The molecule has 1 fully saturated rings. The zero-order chi connectivity index (χ0) is 26.8. The minimum atomic E-state index is -0.138. The van der Waals surface area contributed by atoms with Gasteiger partial charge >= 0.3 is 0 Å². The first-order valence-corrected chi connectivity index (χ1v) is 12.6. The summed E-state index contributed by atoms with van der Waals surface area (Å²) in [6, 6.07) is 2.16. The molecule has 1 N–H and O–H groups in total. The molecule has 0 saturated carbocycles. The number of aromatic nitrogens is 8. The second-order valence-electron chi connectivity index (χ2n) is 10.4. The number of amides is 1. The first-order valence-electron chi connectivity index (χ1n) is 12.2. The fourth-order valence-electron chi connectivity index (χ4n) is 4.58. The van der Waals surface area contributed by atoms with Gasteiger partial charge in [-0.25, -0.2) is 9.50 Å². The number of pyridine rings is 1. The molecule has 196 valence electrons. The lowest BCUT2D eigenvalue weighted by molar-refractivity contribution is -0.134. The molecular weight excluding hydrogens is 508 g/mol. The van der Waals surface area contributed by atoms with Crippen LogP contribution in [0.5, 0.6) is 11.5 Å². The van der Waals surface area contributed by atoms with Gasteiger partial charge in [0.05, 0.1) is 24.6 Å². The van der Waals surface area contributed by atoms with Gasteiger partial charge in [-0.05, 0) is 0 Å². The molecule has 5 aromatic rings. The first kappa shape index (κ1) is 24.2. The van der Waals surface area contributed by atoms with E-state index >= 15 is 0 Å². The summed E-state index contributed by atoms with van der Waals surface area (Å²) < 4.78 is 11.6. The maximum atomic E-state index is 11.7. The third-order valence-electron chi connectivity index (χ3n) is 6.71. The molecule has 6 heterocycles. The Morgan fingerprint density at radius 1 is 1.18 bits per heavy atom. The van der Waals surface area contributed by atoms with E-state index in [9.17, 15) is 4.79 Å². The minimum absolute atomic E-state index is 0.0785. The molecule has 6 rings (SSSR count). The van der Waals surface area contributed by atoms with E-state index in [0.717, 1.165) is 5.69 Å². The number of nitrogens with one attached hydrogen (secondary N) is 1. The second-order valence-corrected chi connectivity index (χ2v) is 10.8. The van der Waals surface area contributed by atoms with Crippen molar-refractivity contribution < 1.29 is 9.53 Å². The van der Waals surface area contributed by atoms with Crippen LogP contribution in [0.25, 0.3) is 16.7 Å². The van der Waals surface area contributed by atoms with Crippen molar-refractivity contribution in [3.8, 4) is 11.5 Å². The Bertz CT molecular complexity index is 1690. The van der Waals surface area contributed by atoms with Crippen LogP contribution in [-0.2, 0) is 17.3 Å². The summed E-state index contributed by atoms with van der Waals surface area (Å²) in [6.45, 7) is 9.32. The highest BCUT2D eigenvalue weighted by Gasteiger charge is 2.34. The van der Waals surface area contributed by atoms with E-state index in [4.69, 9.17) is 21.4 Å². The lowest BCUT2D eigenvalue weighted by Crippen LogP contribution is -2.50. The van der Waals surface area contributed by atoms with E-state index in [1.165, 1.54) is 0 Å². The summed E-state index contributed by atoms with van der Waals surface area (Å²) in [6.07, 6.45) is 8.20. The number of anilines is 2. The van der Waals surface area contributed by atoms with Crippen molar-refractivity contribution in [2.24, 2.45) is 7.05 Å². The summed E-state index contributed by atoms with van der Waals surface area (Å²) in [5, 5.41) is 12.8. The maximum Gasteiger partial charge on any atom is 0.219 e. The predicted molar refractivity (Wildman–Crippen MR) is 142 cm³/mol. The van der Waals surface area contributed by atoms with Crippen molar-refractivity contribution >= 4 is 46.0 Å². The van der Waals surface area contributed by atoms with E-state index in [-0.39, 0.29) is 17.4 Å². The Kier molecular flexibility index (Phi) is 5.53. The fourth-order valence-corrected chi connectivity index (χ4v) is 4.88. The molecule has 0 aromatic carbocycles. The molecular formula is C25H27ClN10O2. The number of halogens is 1. The van der Waals surface area contributed by atoms with E-state index in [2.05, 4.69) is 46.1 Å². The number of carbonyl (C=O) groups is 1. The molecule has 0 spiro atoms. The Hall–Kier alpha value is -4.19. The number of carbonyl (C=O) groups excluding carboxylic acids is 1. The zero-order valence-electron chi connectivity index (χ0n) is 21.7. The van der Waals surface area contributed by atoms with E-state index < -0.39 is 0 Å². The minimum Gasteiger partial charge on any atom is -0.450 e. The van der Waals surface area contributed by atoms with Crippen LogP contribution in [0.15, 0.2) is 37.1 Å². The highest BCUT2D eigenvalue weighted by Crippen LogP contribution is 2.37. The topological polar surface area (TPSA) is 120 Å². The van der Waals surface area contributed by atoms with Gasteiger partial charge in [0.25, 0.3) is 0 Å². The molecule has 0 radical (unpaired) electrons. The van der Waals surface area contributed by atoms with Gasteiger partial charge in [0.2, 0.25) is 11.9 Å². The lowest BCUT2D eigenvalue weighted by atomic mass is 9.91. The van der Waals surface area contributed by atoms with E-state index in [0.29, 0.717) is 58.1 Å². The largest absolute Gasteiger partial charge is 0.450 e. The SMILES string of the molecule is CC(=O)N1CC(n2nc(Nc3nc4ncc(Oc5cnn6ccncc56)c(Cl)c4n3C)cc2C(C)(C)C)C1. The molecule has 5 aromatic heterocycles. The molecule has 38 heavy (non-hydrogen) atoms. The van der Waals surface area contributed by atoms with Crippen LogP contribution in [0.2, 0.25) is 5.02 Å². The Morgan fingerprint density at radius 3 is 2.71 bits per heavy atom. The summed E-state index contributed by atoms with van der Waals surface area (Å²) in [4.78, 5) is 26.8. The van der Waals surface area contributed by atoms with Crippen LogP contribution >= 0.6 is 11.6 Å². The second kappa shape index (κ2) is 8.69. The molecule has 1 saturated heterocycles. The average molecular weight is 535 g/mol. The smallest absolute Gasteiger partial charge is 0.219 e. The molecule has 1 aliphatic heterocycles. The van der Waals surface area contributed by atoms with Crippen LogP contribution in [0, 0.1) is 0 Å². The first-order chi connectivity index (χ1) is 18.1. The molecule has 0 bridgehead atoms. The Balaban J connectivity index is 1.31. The van der Waals surface area contributed by atoms with Crippen molar-refractivity contribution in [1.29, 1.82) is 0 Å². The normalized spacial score (nSPS) is 14.3. The number of ether oxygens (including phenoxy) is 1. The van der Waals surface area contributed by atoms with Crippen LogP contribution in [0.3, 0.4) is 0 Å². The van der Waals surface area contributed by atoms with Gasteiger partial charge in [0, 0.05) is 56.6 Å². The summed E-state index contributed by atoms with van der Waals surface area (Å²) in [5.74, 6) is 2.17. The molecule has 0 unspecified atom stereocenters. The summed E-state index contributed by atoms with van der Waals surface area (Å²) in [7, 11) is 1.85.